The SMILES string of the molecule is C=CCC1(C=NO)CN(S(=O)(=O)CC[Si](C)(C)C)CC2CC=CCC21. The molecule has 0 spiro atoms. The fraction of sp³-hybridized carbons (Fsp3) is 0.722. The van der Waals surface area contributed by atoms with Crippen LogP contribution >= 0.6 is 0 Å². The van der Waals surface area contributed by atoms with Crippen LogP contribution in [0.25, 0.3) is 0 Å². The molecule has 142 valence electrons. The van der Waals surface area contributed by atoms with Crippen LogP contribution < -0.4 is 0 Å². The molecule has 1 fully saturated rings. The third kappa shape index (κ3) is 4.83. The summed E-state index contributed by atoms with van der Waals surface area (Å²) in [6, 6.07) is 0.766. The Balaban J connectivity index is 2.32. The molecule has 0 amide bonds. The van der Waals surface area contributed by atoms with Gasteiger partial charge in [-0.1, -0.05) is 37.9 Å². The Labute approximate surface area is 153 Å². The van der Waals surface area contributed by atoms with Crippen molar-refractivity contribution in [3.8, 4) is 0 Å². The quantitative estimate of drug-likeness (QED) is 0.240. The Morgan fingerprint density at radius 1 is 1.36 bits per heavy atom. The van der Waals surface area contributed by atoms with Gasteiger partial charge in [0, 0.05) is 26.6 Å². The van der Waals surface area contributed by atoms with Gasteiger partial charge in [0.05, 0.1) is 12.0 Å². The molecular formula is C18H32N2O3SSi. The van der Waals surface area contributed by atoms with Crippen LogP contribution in [0.1, 0.15) is 19.3 Å². The fourth-order valence-electron chi connectivity index (χ4n) is 4.11. The number of hydrogen-bond donors (Lipinski definition) is 1. The van der Waals surface area contributed by atoms with E-state index in [4.69, 9.17) is 0 Å². The summed E-state index contributed by atoms with van der Waals surface area (Å²) in [7, 11) is -4.74. The van der Waals surface area contributed by atoms with Crippen molar-refractivity contribution >= 4 is 24.3 Å². The minimum atomic E-state index is -3.31. The molecule has 0 saturated carbocycles. The summed E-state index contributed by atoms with van der Waals surface area (Å²) in [6.07, 6.45) is 10.1. The molecule has 0 aromatic heterocycles. The number of sulfonamides is 1. The summed E-state index contributed by atoms with van der Waals surface area (Å²) in [5.41, 5.74) is -0.476. The molecule has 0 aromatic rings. The number of rotatable bonds is 7. The molecule has 7 heteroatoms. The minimum Gasteiger partial charge on any atom is -0.411 e. The standard InChI is InChI=1S/C18H32N2O3SSi/c1-5-10-18(14-19-21)15-20(13-16-8-6-7-9-17(16)18)24(22,23)11-12-25(2,3)4/h5-7,14,16-17,21H,1,8-13,15H2,2-4H3. The summed E-state index contributed by atoms with van der Waals surface area (Å²) in [6.45, 7) is 11.4. The van der Waals surface area contributed by atoms with Crippen LogP contribution in [-0.4, -0.2) is 51.1 Å². The van der Waals surface area contributed by atoms with Gasteiger partial charge in [-0.2, -0.15) is 0 Å². The molecule has 0 radical (unpaired) electrons. The lowest BCUT2D eigenvalue weighted by Crippen LogP contribution is -2.56. The normalized spacial score (nSPS) is 31.2. The molecule has 0 bridgehead atoms. The highest BCUT2D eigenvalue weighted by Crippen LogP contribution is 2.46. The number of piperidine rings is 1. The van der Waals surface area contributed by atoms with Crippen molar-refractivity contribution in [2.24, 2.45) is 22.4 Å². The van der Waals surface area contributed by atoms with Gasteiger partial charge in [0.15, 0.2) is 0 Å². The maximum absolute atomic E-state index is 13.0. The van der Waals surface area contributed by atoms with Crippen molar-refractivity contribution in [2.75, 3.05) is 18.8 Å². The second-order valence-electron chi connectivity index (χ2n) is 8.70. The van der Waals surface area contributed by atoms with Gasteiger partial charge in [-0.25, -0.2) is 12.7 Å². The van der Waals surface area contributed by atoms with E-state index < -0.39 is 23.5 Å². The van der Waals surface area contributed by atoms with Crippen molar-refractivity contribution in [3.63, 3.8) is 0 Å². The highest BCUT2D eigenvalue weighted by Gasteiger charge is 2.49. The molecule has 0 aromatic carbocycles. The first kappa shape index (κ1) is 20.4. The number of allylic oxidation sites excluding steroid dienone is 3. The predicted octanol–water partition coefficient (Wildman–Crippen LogP) is 3.57. The van der Waals surface area contributed by atoms with E-state index in [1.54, 1.807) is 10.5 Å². The number of hydrogen-bond acceptors (Lipinski definition) is 4. The molecule has 1 saturated heterocycles. The summed E-state index contributed by atoms with van der Waals surface area (Å²) in [5, 5.41) is 12.6. The molecule has 3 unspecified atom stereocenters. The Bertz CT molecular complexity index is 639. The summed E-state index contributed by atoms with van der Waals surface area (Å²) in [4.78, 5) is 0. The van der Waals surface area contributed by atoms with E-state index in [0.717, 1.165) is 18.9 Å². The average Bonchev–Trinajstić information content (AvgIpc) is 2.53. The molecule has 1 heterocycles. The molecule has 2 rings (SSSR count). The first-order chi connectivity index (χ1) is 11.6. The lowest BCUT2D eigenvalue weighted by molar-refractivity contribution is 0.0709. The lowest BCUT2D eigenvalue weighted by atomic mass is 9.62. The van der Waals surface area contributed by atoms with Gasteiger partial charge in [0.1, 0.15) is 0 Å². The smallest absolute Gasteiger partial charge is 0.213 e. The Morgan fingerprint density at radius 3 is 2.64 bits per heavy atom. The summed E-state index contributed by atoms with van der Waals surface area (Å²) >= 11 is 0. The van der Waals surface area contributed by atoms with Crippen LogP contribution in [0.2, 0.25) is 25.7 Å². The monoisotopic (exact) mass is 384 g/mol. The minimum absolute atomic E-state index is 0.219. The highest BCUT2D eigenvalue weighted by atomic mass is 32.2. The van der Waals surface area contributed by atoms with Gasteiger partial charge < -0.3 is 5.21 Å². The van der Waals surface area contributed by atoms with Gasteiger partial charge >= 0.3 is 0 Å². The third-order valence-electron chi connectivity index (χ3n) is 5.55. The van der Waals surface area contributed by atoms with Crippen molar-refractivity contribution in [1.29, 1.82) is 0 Å². The van der Waals surface area contributed by atoms with E-state index in [1.807, 2.05) is 6.08 Å². The van der Waals surface area contributed by atoms with Crippen LogP contribution in [0.15, 0.2) is 30.0 Å². The van der Waals surface area contributed by atoms with Crippen molar-refractivity contribution in [3.05, 3.63) is 24.8 Å². The Hall–Kier alpha value is -0.923. The zero-order valence-corrected chi connectivity index (χ0v) is 17.5. The largest absolute Gasteiger partial charge is 0.411 e. The van der Waals surface area contributed by atoms with Crippen LogP contribution in [-0.2, 0) is 10.0 Å². The second-order valence-corrected chi connectivity index (χ2v) is 16.4. The Morgan fingerprint density at radius 2 is 2.04 bits per heavy atom. The molecule has 25 heavy (non-hydrogen) atoms. The molecule has 5 nitrogen and oxygen atoms in total. The van der Waals surface area contributed by atoms with Crippen LogP contribution in [0, 0.1) is 17.3 Å². The van der Waals surface area contributed by atoms with Gasteiger partial charge in [-0.05, 0) is 37.1 Å². The summed E-state index contributed by atoms with van der Waals surface area (Å²) < 4.78 is 27.7. The van der Waals surface area contributed by atoms with Crippen molar-refractivity contribution in [1.82, 2.24) is 4.31 Å². The van der Waals surface area contributed by atoms with Crippen molar-refractivity contribution < 1.29 is 13.6 Å². The number of oxime groups is 1. The maximum atomic E-state index is 13.0. The van der Waals surface area contributed by atoms with Gasteiger partial charge in [-0.3, -0.25) is 0 Å². The van der Waals surface area contributed by atoms with Gasteiger partial charge in [0.2, 0.25) is 10.0 Å². The van der Waals surface area contributed by atoms with E-state index in [2.05, 4.69) is 43.5 Å². The molecular weight excluding hydrogens is 352 g/mol. The first-order valence-electron chi connectivity index (χ1n) is 9.06. The zero-order chi connectivity index (χ0) is 18.7. The average molecular weight is 385 g/mol. The number of nitrogens with zero attached hydrogens (tertiary/aromatic N) is 2. The van der Waals surface area contributed by atoms with E-state index in [9.17, 15) is 13.6 Å². The fourth-order valence-corrected chi connectivity index (χ4v) is 8.71. The number of fused-ring (bicyclic) bond motifs is 1. The van der Waals surface area contributed by atoms with E-state index in [-0.39, 0.29) is 17.6 Å². The third-order valence-corrected chi connectivity index (χ3v) is 9.45. The lowest BCUT2D eigenvalue weighted by Gasteiger charge is -2.50. The van der Waals surface area contributed by atoms with E-state index in [0.29, 0.717) is 19.5 Å². The summed E-state index contributed by atoms with van der Waals surface area (Å²) in [5.74, 6) is 0.768. The van der Waals surface area contributed by atoms with Crippen LogP contribution in [0.3, 0.4) is 0 Å². The molecule has 2 aliphatic rings. The second kappa shape index (κ2) is 7.76. The van der Waals surface area contributed by atoms with E-state index >= 15 is 0 Å². The van der Waals surface area contributed by atoms with Crippen LogP contribution in [0.4, 0.5) is 0 Å². The Kier molecular flexibility index (Phi) is 6.33. The maximum Gasteiger partial charge on any atom is 0.213 e. The molecule has 1 aliphatic carbocycles. The zero-order valence-electron chi connectivity index (χ0n) is 15.7. The first-order valence-corrected chi connectivity index (χ1v) is 14.4. The van der Waals surface area contributed by atoms with E-state index in [1.165, 1.54) is 0 Å². The molecule has 1 aliphatic heterocycles. The predicted molar refractivity (Wildman–Crippen MR) is 106 cm³/mol. The topological polar surface area (TPSA) is 70.0 Å². The van der Waals surface area contributed by atoms with Crippen molar-refractivity contribution in [2.45, 2.75) is 44.9 Å². The van der Waals surface area contributed by atoms with Gasteiger partial charge in [-0.15, -0.1) is 11.7 Å². The molecule has 1 N–H and O–H groups in total. The van der Waals surface area contributed by atoms with Crippen LogP contribution in [0.5, 0.6) is 0 Å². The highest BCUT2D eigenvalue weighted by molar-refractivity contribution is 7.89. The van der Waals surface area contributed by atoms with Gasteiger partial charge in [0.25, 0.3) is 0 Å². The molecule has 3 atom stereocenters.